The Morgan fingerprint density at radius 2 is 2.04 bits per heavy atom. The van der Waals surface area contributed by atoms with Crippen LogP contribution in [0.1, 0.15) is 11.7 Å². The summed E-state index contributed by atoms with van der Waals surface area (Å²) in [5, 5.41) is 0. The van der Waals surface area contributed by atoms with E-state index in [0.717, 1.165) is 10.0 Å². The van der Waals surface area contributed by atoms with Crippen molar-refractivity contribution in [2.24, 2.45) is 0 Å². The molecule has 0 radical (unpaired) electrons. The van der Waals surface area contributed by atoms with E-state index in [9.17, 15) is 8.42 Å². The summed E-state index contributed by atoms with van der Waals surface area (Å²) >= 11 is 3.54. The molecular formula is C16H17BrN2O3S. The van der Waals surface area contributed by atoms with Crippen molar-refractivity contribution in [3.8, 4) is 0 Å². The van der Waals surface area contributed by atoms with Crippen molar-refractivity contribution in [3.63, 3.8) is 0 Å². The van der Waals surface area contributed by atoms with Crippen molar-refractivity contribution in [3.05, 3.63) is 52.6 Å². The van der Waals surface area contributed by atoms with Gasteiger partial charge < -0.3 is 9.64 Å². The maximum atomic E-state index is 12.0. The summed E-state index contributed by atoms with van der Waals surface area (Å²) in [5.41, 5.74) is 1.05. The van der Waals surface area contributed by atoms with Gasteiger partial charge >= 0.3 is 0 Å². The summed E-state index contributed by atoms with van der Waals surface area (Å²) in [6.07, 6.45) is 2.69. The van der Waals surface area contributed by atoms with Crippen LogP contribution in [-0.2, 0) is 14.6 Å². The minimum Gasteiger partial charge on any atom is -0.370 e. The maximum absolute atomic E-state index is 12.0. The molecule has 1 aliphatic rings. The number of pyridine rings is 1. The largest absolute Gasteiger partial charge is 0.370 e. The number of anilines is 1. The number of aromatic nitrogens is 1. The monoisotopic (exact) mass is 396 g/mol. The number of morpholine rings is 1. The molecule has 1 unspecified atom stereocenters. The lowest BCUT2D eigenvalue weighted by Crippen LogP contribution is -2.39. The number of hydrogen-bond acceptors (Lipinski definition) is 5. The molecule has 0 bridgehead atoms. The first kappa shape index (κ1) is 16.4. The lowest BCUT2D eigenvalue weighted by molar-refractivity contribution is 0.0389. The molecule has 1 atom stereocenters. The van der Waals surface area contributed by atoms with Gasteiger partial charge in [0.05, 0.1) is 6.61 Å². The normalized spacial score (nSPS) is 18.9. The summed E-state index contributed by atoms with van der Waals surface area (Å²) in [7, 11) is -3.33. The lowest BCUT2D eigenvalue weighted by Gasteiger charge is -2.35. The van der Waals surface area contributed by atoms with Gasteiger partial charge in [0, 0.05) is 30.0 Å². The lowest BCUT2D eigenvalue weighted by atomic mass is 10.1. The zero-order valence-electron chi connectivity index (χ0n) is 12.6. The smallest absolute Gasteiger partial charge is 0.179 e. The second-order valence-electron chi connectivity index (χ2n) is 5.42. The summed E-state index contributed by atoms with van der Waals surface area (Å²) in [4.78, 5) is 6.53. The Bertz CT molecular complexity index is 810. The van der Waals surface area contributed by atoms with Crippen LogP contribution in [-0.4, -0.2) is 39.4 Å². The summed E-state index contributed by atoms with van der Waals surface area (Å²) in [6.45, 7) is 1.69. The van der Waals surface area contributed by atoms with E-state index in [1.54, 1.807) is 18.3 Å². The highest BCUT2D eigenvalue weighted by Crippen LogP contribution is 2.31. The van der Waals surface area contributed by atoms with Gasteiger partial charge in [0.2, 0.25) is 0 Å². The average molecular weight is 397 g/mol. The first-order chi connectivity index (χ1) is 11.0. The third-order valence-electron chi connectivity index (χ3n) is 3.77. The third kappa shape index (κ3) is 3.57. The van der Waals surface area contributed by atoms with E-state index in [-0.39, 0.29) is 11.0 Å². The first-order valence-corrected chi connectivity index (χ1v) is 9.91. The van der Waals surface area contributed by atoms with Crippen LogP contribution in [0.25, 0.3) is 0 Å². The second-order valence-corrected chi connectivity index (χ2v) is 8.26. The van der Waals surface area contributed by atoms with E-state index in [0.29, 0.717) is 25.5 Å². The molecule has 0 aliphatic carbocycles. The molecular weight excluding hydrogens is 380 g/mol. The number of rotatable bonds is 3. The van der Waals surface area contributed by atoms with Gasteiger partial charge in [-0.15, -0.1) is 0 Å². The van der Waals surface area contributed by atoms with E-state index < -0.39 is 9.84 Å². The molecule has 1 aromatic carbocycles. The van der Waals surface area contributed by atoms with Crippen molar-refractivity contribution in [1.82, 2.24) is 4.98 Å². The number of hydrogen-bond donors (Lipinski definition) is 0. The molecule has 0 spiro atoms. The van der Waals surface area contributed by atoms with Gasteiger partial charge in [-0.25, -0.2) is 13.4 Å². The van der Waals surface area contributed by atoms with Gasteiger partial charge in [0.15, 0.2) is 9.84 Å². The van der Waals surface area contributed by atoms with Crippen molar-refractivity contribution in [2.45, 2.75) is 11.0 Å². The van der Waals surface area contributed by atoms with Crippen LogP contribution in [0.15, 0.2) is 52.0 Å². The fraction of sp³-hybridized carbons (Fsp3) is 0.312. The molecule has 122 valence electrons. The van der Waals surface area contributed by atoms with Crippen LogP contribution in [0.5, 0.6) is 0 Å². The topological polar surface area (TPSA) is 59.5 Å². The number of halogens is 1. The van der Waals surface area contributed by atoms with Gasteiger partial charge in [0.25, 0.3) is 0 Å². The molecule has 0 amide bonds. The molecule has 2 heterocycles. The Morgan fingerprint density at radius 1 is 1.26 bits per heavy atom. The van der Waals surface area contributed by atoms with Crippen molar-refractivity contribution in [1.29, 1.82) is 0 Å². The molecule has 3 rings (SSSR count). The van der Waals surface area contributed by atoms with Crippen LogP contribution < -0.4 is 4.90 Å². The third-order valence-corrected chi connectivity index (χ3v) is 5.61. The van der Waals surface area contributed by atoms with Crippen LogP contribution in [0.3, 0.4) is 0 Å². The molecule has 1 saturated heterocycles. The van der Waals surface area contributed by atoms with Crippen molar-refractivity contribution < 1.29 is 13.2 Å². The zero-order valence-corrected chi connectivity index (χ0v) is 15.0. The predicted octanol–water partition coefficient (Wildman–Crippen LogP) is 2.83. The van der Waals surface area contributed by atoms with E-state index in [1.165, 1.54) is 6.26 Å². The highest BCUT2D eigenvalue weighted by Gasteiger charge is 2.27. The fourth-order valence-corrected chi connectivity index (χ4v) is 4.05. The summed E-state index contributed by atoms with van der Waals surface area (Å²) < 4.78 is 30.8. The number of nitrogens with zero attached hydrogens (tertiary/aromatic N) is 2. The van der Waals surface area contributed by atoms with E-state index in [1.807, 2.05) is 29.2 Å². The van der Waals surface area contributed by atoms with Crippen molar-refractivity contribution in [2.75, 3.05) is 30.9 Å². The van der Waals surface area contributed by atoms with Crippen LogP contribution in [0.2, 0.25) is 0 Å². The Hall–Kier alpha value is -1.44. The minimum atomic E-state index is -3.33. The quantitative estimate of drug-likeness (QED) is 0.797. The molecule has 1 aromatic heterocycles. The van der Waals surface area contributed by atoms with Gasteiger partial charge in [-0.2, -0.15) is 0 Å². The molecule has 2 aromatic rings. The standard InChI is InChI=1S/C16H17BrN2O3S/c1-23(20,21)15-7-4-8-18-16(15)19-9-10-22-14(11-19)12-5-2-3-6-13(12)17/h2-8,14H,9-11H2,1H3. The molecule has 0 saturated carbocycles. The Labute approximate surface area is 144 Å². The van der Waals surface area contributed by atoms with Crippen molar-refractivity contribution >= 4 is 31.6 Å². The number of benzene rings is 1. The molecule has 7 heteroatoms. The van der Waals surface area contributed by atoms with Gasteiger partial charge in [0.1, 0.15) is 16.8 Å². The molecule has 5 nitrogen and oxygen atoms in total. The second kappa shape index (κ2) is 6.59. The van der Waals surface area contributed by atoms with E-state index >= 15 is 0 Å². The molecule has 0 N–H and O–H groups in total. The first-order valence-electron chi connectivity index (χ1n) is 7.23. The Kier molecular flexibility index (Phi) is 4.70. The Balaban J connectivity index is 1.93. The maximum Gasteiger partial charge on any atom is 0.179 e. The fourth-order valence-electron chi connectivity index (χ4n) is 2.68. The zero-order chi connectivity index (χ0) is 16.4. The highest BCUT2D eigenvalue weighted by molar-refractivity contribution is 9.10. The van der Waals surface area contributed by atoms with Crippen LogP contribution >= 0.6 is 15.9 Å². The van der Waals surface area contributed by atoms with Gasteiger partial charge in [-0.1, -0.05) is 34.1 Å². The molecule has 23 heavy (non-hydrogen) atoms. The SMILES string of the molecule is CS(=O)(=O)c1cccnc1N1CCOC(c2ccccc2Br)C1. The highest BCUT2D eigenvalue weighted by atomic mass is 79.9. The van der Waals surface area contributed by atoms with Crippen LogP contribution in [0.4, 0.5) is 5.82 Å². The Morgan fingerprint density at radius 3 is 2.78 bits per heavy atom. The summed E-state index contributed by atoms with van der Waals surface area (Å²) in [6, 6.07) is 11.1. The average Bonchev–Trinajstić information content (AvgIpc) is 2.55. The minimum absolute atomic E-state index is 0.131. The molecule has 1 fully saturated rings. The predicted molar refractivity (Wildman–Crippen MR) is 92.4 cm³/mol. The van der Waals surface area contributed by atoms with Gasteiger partial charge in [-0.05, 0) is 23.8 Å². The molecule has 1 aliphatic heterocycles. The number of ether oxygens (including phenoxy) is 1. The van der Waals surface area contributed by atoms with Crippen LogP contribution in [0, 0.1) is 0 Å². The van der Waals surface area contributed by atoms with E-state index in [4.69, 9.17) is 4.74 Å². The number of sulfone groups is 1. The summed E-state index contributed by atoms with van der Waals surface area (Å²) in [5.74, 6) is 0.496. The van der Waals surface area contributed by atoms with E-state index in [2.05, 4.69) is 20.9 Å². The van der Waals surface area contributed by atoms with Gasteiger partial charge in [-0.3, -0.25) is 0 Å².